The van der Waals surface area contributed by atoms with Crippen molar-refractivity contribution in [3.8, 4) is 0 Å². The van der Waals surface area contributed by atoms with Gasteiger partial charge in [0.05, 0.1) is 5.57 Å². The smallest absolute Gasteiger partial charge is 0.200 e. The number of benzene rings is 1. The van der Waals surface area contributed by atoms with Crippen molar-refractivity contribution in [3.63, 3.8) is 0 Å². The monoisotopic (exact) mass is 242 g/mol. The van der Waals surface area contributed by atoms with Crippen LogP contribution in [0.5, 0.6) is 0 Å². The minimum absolute atomic E-state index is 0.0994. The van der Waals surface area contributed by atoms with Crippen LogP contribution in [0.25, 0.3) is 5.76 Å². The molecule has 3 heteroatoms. The second-order valence-corrected chi connectivity index (χ2v) is 4.40. The van der Waals surface area contributed by atoms with Gasteiger partial charge >= 0.3 is 0 Å². The molecule has 92 valence electrons. The highest BCUT2D eigenvalue weighted by molar-refractivity contribution is 6.09. The number of hydrogen-bond acceptors (Lipinski definition) is 3. The Morgan fingerprint density at radius 1 is 1.33 bits per heavy atom. The first kappa shape index (κ1) is 12.4. The highest BCUT2D eigenvalue weighted by Gasteiger charge is 2.31. The minimum atomic E-state index is -1.22. The molecule has 0 amide bonds. The van der Waals surface area contributed by atoms with Crippen LogP contribution in [0, 0.1) is 0 Å². The second kappa shape index (κ2) is 4.65. The molecule has 2 rings (SSSR count). The number of rotatable bonds is 1. The number of ketones is 1. The fourth-order valence-electron chi connectivity index (χ4n) is 1.86. The van der Waals surface area contributed by atoms with E-state index in [9.17, 15) is 15.0 Å². The van der Waals surface area contributed by atoms with Crippen LogP contribution >= 0.6 is 0 Å². The van der Waals surface area contributed by atoms with E-state index < -0.39 is 11.9 Å². The van der Waals surface area contributed by atoms with Gasteiger partial charge in [0.2, 0.25) is 0 Å². The summed E-state index contributed by atoms with van der Waals surface area (Å²) in [6, 6.07) is 6.78. The predicted molar refractivity (Wildman–Crippen MR) is 68.9 cm³/mol. The van der Waals surface area contributed by atoms with Crippen LogP contribution in [0.1, 0.15) is 31.1 Å². The van der Waals surface area contributed by atoms with E-state index in [1.807, 2.05) is 13.8 Å². The molecule has 3 nitrogen and oxygen atoms in total. The Morgan fingerprint density at radius 2 is 2.00 bits per heavy atom. The van der Waals surface area contributed by atoms with E-state index >= 15 is 0 Å². The predicted octanol–water partition coefficient (Wildman–Crippen LogP) is 2.69. The average molecular weight is 242 g/mol. The minimum Gasteiger partial charge on any atom is -0.507 e. The molecule has 0 radical (unpaired) electrons. The van der Waals surface area contributed by atoms with Gasteiger partial charge in [0.15, 0.2) is 5.78 Å². The van der Waals surface area contributed by atoms with Gasteiger partial charge < -0.3 is 10.2 Å². The molecule has 0 saturated heterocycles. The van der Waals surface area contributed by atoms with Gasteiger partial charge in [-0.15, -0.1) is 5.73 Å². The zero-order valence-corrected chi connectivity index (χ0v) is 10.3. The van der Waals surface area contributed by atoms with Crippen LogP contribution < -0.4 is 0 Å². The van der Waals surface area contributed by atoms with E-state index in [0.717, 1.165) is 5.57 Å². The van der Waals surface area contributed by atoms with Crippen molar-refractivity contribution < 1.29 is 15.0 Å². The van der Waals surface area contributed by atoms with E-state index in [0.29, 0.717) is 11.1 Å². The topological polar surface area (TPSA) is 57.5 Å². The van der Waals surface area contributed by atoms with Gasteiger partial charge in [0, 0.05) is 5.56 Å². The highest BCUT2D eigenvalue weighted by atomic mass is 16.3. The summed E-state index contributed by atoms with van der Waals surface area (Å²) in [4.78, 5) is 12.0. The van der Waals surface area contributed by atoms with Gasteiger partial charge in [-0.3, -0.25) is 4.79 Å². The largest absolute Gasteiger partial charge is 0.507 e. The normalized spacial score (nSPS) is 18.2. The lowest BCUT2D eigenvalue weighted by atomic mass is 9.87. The van der Waals surface area contributed by atoms with Gasteiger partial charge in [0.1, 0.15) is 11.9 Å². The number of fused-ring (bicyclic) bond motifs is 1. The van der Waals surface area contributed by atoms with Gasteiger partial charge in [-0.1, -0.05) is 24.3 Å². The van der Waals surface area contributed by atoms with Gasteiger partial charge in [0.25, 0.3) is 0 Å². The van der Waals surface area contributed by atoms with E-state index in [2.05, 4.69) is 5.73 Å². The molecule has 1 unspecified atom stereocenters. The maximum atomic E-state index is 12.0. The number of hydrogen-bond donors (Lipinski definition) is 2. The summed E-state index contributed by atoms with van der Waals surface area (Å²) in [5, 5.41) is 20.0. The molecule has 2 N–H and O–H groups in total. The molecular formula is C15H14O3. The second-order valence-electron chi connectivity index (χ2n) is 4.40. The summed E-state index contributed by atoms with van der Waals surface area (Å²) in [5.41, 5.74) is 4.79. The molecular weight excluding hydrogens is 228 g/mol. The maximum Gasteiger partial charge on any atom is 0.200 e. The zero-order valence-electron chi connectivity index (χ0n) is 10.3. The average Bonchev–Trinajstić information content (AvgIpc) is 2.36. The molecule has 0 fully saturated rings. The van der Waals surface area contributed by atoms with Crippen LogP contribution in [-0.4, -0.2) is 16.0 Å². The SMILES string of the molecule is CC(C)=C=CC1=C(O)c2ccccc2C(O)C1=O. The summed E-state index contributed by atoms with van der Waals surface area (Å²) < 4.78 is 0. The molecule has 0 bridgehead atoms. The van der Waals surface area contributed by atoms with Gasteiger partial charge in [-0.25, -0.2) is 0 Å². The van der Waals surface area contributed by atoms with Crippen LogP contribution in [0.4, 0.5) is 0 Å². The Morgan fingerprint density at radius 3 is 2.67 bits per heavy atom. The highest BCUT2D eigenvalue weighted by Crippen LogP contribution is 2.33. The lowest BCUT2D eigenvalue weighted by molar-refractivity contribution is -0.123. The molecule has 0 aromatic heterocycles. The van der Waals surface area contributed by atoms with E-state index in [4.69, 9.17) is 0 Å². The molecule has 0 heterocycles. The number of carbonyl (C=O) groups excluding carboxylic acids is 1. The molecule has 18 heavy (non-hydrogen) atoms. The van der Waals surface area contributed by atoms with E-state index in [1.165, 1.54) is 6.08 Å². The van der Waals surface area contributed by atoms with Crippen LogP contribution in [0.3, 0.4) is 0 Å². The summed E-state index contributed by atoms with van der Waals surface area (Å²) in [5.74, 6) is -0.602. The fraction of sp³-hybridized carbons (Fsp3) is 0.200. The Bertz CT molecular complexity index is 598. The lowest BCUT2D eigenvalue weighted by Gasteiger charge is -2.21. The summed E-state index contributed by atoms with van der Waals surface area (Å²) in [7, 11) is 0. The Balaban J connectivity index is 2.66. The molecule has 1 aliphatic carbocycles. The van der Waals surface area contributed by atoms with Crippen molar-refractivity contribution in [2.45, 2.75) is 20.0 Å². The van der Waals surface area contributed by atoms with Gasteiger partial charge in [-0.2, -0.15) is 0 Å². The van der Waals surface area contributed by atoms with Crippen LogP contribution in [-0.2, 0) is 4.79 Å². The number of Topliss-reactive ketones (excluding diaryl/α,β-unsaturated/α-hetero) is 1. The molecule has 0 spiro atoms. The molecule has 1 aliphatic rings. The van der Waals surface area contributed by atoms with Crippen molar-refractivity contribution in [2.24, 2.45) is 0 Å². The van der Waals surface area contributed by atoms with E-state index in [1.54, 1.807) is 24.3 Å². The number of aliphatic hydroxyl groups is 2. The van der Waals surface area contributed by atoms with Crippen molar-refractivity contribution in [3.05, 3.63) is 58.3 Å². The number of aliphatic hydroxyl groups excluding tert-OH is 2. The summed E-state index contributed by atoms with van der Waals surface area (Å²) >= 11 is 0. The first-order valence-electron chi connectivity index (χ1n) is 5.67. The van der Waals surface area contributed by atoms with Crippen LogP contribution in [0.2, 0.25) is 0 Å². The molecule has 1 aromatic rings. The molecule has 1 aromatic carbocycles. The maximum absolute atomic E-state index is 12.0. The van der Waals surface area contributed by atoms with Crippen LogP contribution in [0.15, 0.2) is 47.2 Å². The first-order chi connectivity index (χ1) is 8.52. The summed E-state index contributed by atoms with van der Waals surface area (Å²) in [6.45, 7) is 3.68. The number of carbonyl (C=O) groups is 1. The van der Waals surface area contributed by atoms with Crippen molar-refractivity contribution in [1.82, 2.24) is 0 Å². The van der Waals surface area contributed by atoms with Gasteiger partial charge in [-0.05, 0) is 31.1 Å². The molecule has 1 atom stereocenters. The third kappa shape index (κ3) is 2.02. The summed E-state index contributed by atoms with van der Waals surface area (Å²) in [6.07, 6.45) is 0.203. The van der Waals surface area contributed by atoms with Crippen molar-refractivity contribution in [1.29, 1.82) is 0 Å². The Hall–Kier alpha value is -2.09. The zero-order chi connectivity index (χ0) is 13.3. The first-order valence-corrected chi connectivity index (χ1v) is 5.67. The number of allylic oxidation sites excluding steroid dienone is 1. The Labute approximate surface area is 105 Å². The molecule has 0 aliphatic heterocycles. The Kier molecular flexibility index (Phi) is 3.19. The lowest BCUT2D eigenvalue weighted by Crippen LogP contribution is -2.20. The fourth-order valence-corrected chi connectivity index (χ4v) is 1.86. The van der Waals surface area contributed by atoms with Crippen molar-refractivity contribution in [2.75, 3.05) is 0 Å². The third-order valence-corrected chi connectivity index (χ3v) is 2.78. The standard InChI is InChI=1S/C15H14O3/c1-9(2)7-8-12-13(16)10-5-3-4-6-11(10)14(17)15(12)18/h3-6,8,14,16-17H,1-2H3. The third-order valence-electron chi connectivity index (χ3n) is 2.78. The quantitative estimate of drug-likeness (QED) is 0.744. The van der Waals surface area contributed by atoms with Crippen molar-refractivity contribution >= 4 is 11.5 Å². The molecule has 0 saturated carbocycles. The van der Waals surface area contributed by atoms with E-state index in [-0.39, 0.29) is 11.3 Å².